The molecule has 1 heterocycles. The fraction of sp³-hybridized carbons (Fsp3) is 0.133. The van der Waals surface area contributed by atoms with Gasteiger partial charge in [-0.2, -0.15) is 0 Å². The molecular formula is C15H12F2N2O2. The second kappa shape index (κ2) is 4.82. The lowest BCUT2D eigenvalue weighted by Gasteiger charge is -2.13. The summed E-state index contributed by atoms with van der Waals surface area (Å²) in [5.41, 5.74) is 1.39. The van der Waals surface area contributed by atoms with E-state index in [0.717, 1.165) is 6.07 Å². The second-order valence-electron chi connectivity index (χ2n) is 4.91. The van der Waals surface area contributed by atoms with Crippen molar-refractivity contribution >= 4 is 11.0 Å². The highest BCUT2D eigenvalue weighted by molar-refractivity contribution is 5.75. The Bertz CT molecular complexity index is 883. The summed E-state index contributed by atoms with van der Waals surface area (Å²) < 4.78 is 27.1. The van der Waals surface area contributed by atoms with Gasteiger partial charge in [0.1, 0.15) is 17.7 Å². The summed E-state index contributed by atoms with van der Waals surface area (Å²) in [5.74, 6) is -1.47. The molecule has 0 saturated carbocycles. The van der Waals surface area contributed by atoms with E-state index >= 15 is 0 Å². The van der Waals surface area contributed by atoms with Crippen LogP contribution in [0, 0.1) is 18.6 Å². The zero-order chi connectivity index (χ0) is 15.1. The number of H-pyrrole nitrogens is 2. The summed E-state index contributed by atoms with van der Waals surface area (Å²) in [5, 5.41) is 10.3. The molecule has 0 aliphatic carbocycles. The van der Waals surface area contributed by atoms with E-state index in [9.17, 15) is 18.7 Å². The number of imidazole rings is 1. The van der Waals surface area contributed by atoms with Crippen molar-refractivity contribution in [1.82, 2.24) is 9.97 Å². The van der Waals surface area contributed by atoms with Gasteiger partial charge in [-0.3, -0.25) is 0 Å². The molecule has 0 aliphatic rings. The number of aliphatic hydroxyl groups is 1. The molecule has 3 rings (SSSR count). The van der Waals surface area contributed by atoms with Crippen molar-refractivity contribution in [3.05, 3.63) is 69.1 Å². The van der Waals surface area contributed by atoms with E-state index < -0.39 is 17.7 Å². The molecule has 0 spiro atoms. The van der Waals surface area contributed by atoms with Crippen molar-refractivity contribution in [3.63, 3.8) is 0 Å². The number of fused-ring (bicyclic) bond motifs is 1. The highest BCUT2D eigenvalue weighted by Crippen LogP contribution is 2.27. The molecule has 0 bridgehead atoms. The van der Waals surface area contributed by atoms with E-state index in [4.69, 9.17) is 0 Å². The predicted molar refractivity (Wildman–Crippen MR) is 74.1 cm³/mol. The third kappa shape index (κ3) is 2.34. The molecule has 3 aromatic rings. The average molecular weight is 290 g/mol. The van der Waals surface area contributed by atoms with Gasteiger partial charge in [-0.05, 0) is 36.2 Å². The van der Waals surface area contributed by atoms with Gasteiger partial charge in [-0.1, -0.05) is 6.07 Å². The fourth-order valence-electron chi connectivity index (χ4n) is 2.29. The first-order valence-corrected chi connectivity index (χ1v) is 6.31. The summed E-state index contributed by atoms with van der Waals surface area (Å²) in [6, 6.07) is 6.77. The van der Waals surface area contributed by atoms with Crippen LogP contribution >= 0.6 is 0 Å². The van der Waals surface area contributed by atoms with E-state index in [1.54, 1.807) is 18.2 Å². The molecule has 0 fully saturated rings. The zero-order valence-electron chi connectivity index (χ0n) is 11.1. The Morgan fingerprint density at radius 2 is 1.76 bits per heavy atom. The van der Waals surface area contributed by atoms with Crippen molar-refractivity contribution in [2.24, 2.45) is 0 Å². The topological polar surface area (TPSA) is 68.9 Å². The number of aromatic nitrogens is 2. The lowest BCUT2D eigenvalue weighted by atomic mass is 9.99. The summed E-state index contributed by atoms with van der Waals surface area (Å²) in [7, 11) is 0. The molecule has 1 atom stereocenters. The Kier molecular flexibility index (Phi) is 3.10. The number of hydrogen-bond acceptors (Lipinski definition) is 2. The van der Waals surface area contributed by atoms with Crippen molar-refractivity contribution in [1.29, 1.82) is 0 Å². The van der Waals surface area contributed by atoms with Crippen molar-refractivity contribution in [2.45, 2.75) is 13.0 Å². The van der Waals surface area contributed by atoms with Crippen LogP contribution in [0.1, 0.15) is 22.8 Å². The third-order valence-electron chi connectivity index (χ3n) is 3.43. The summed E-state index contributed by atoms with van der Waals surface area (Å²) in [6.45, 7) is 1.50. The van der Waals surface area contributed by atoms with E-state index in [2.05, 4.69) is 9.97 Å². The van der Waals surface area contributed by atoms with Crippen LogP contribution in [-0.2, 0) is 0 Å². The van der Waals surface area contributed by atoms with Crippen molar-refractivity contribution in [2.75, 3.05) is 0 Å². The number of aromatic amines is 2. The minimum absolute atomic E-state index is 0.00821. The van der Waals surface area contributed by atoms with Gasteiger partial charge in [-0.25, -0.2) is 13.6 Å². The average Bonchev–Trinajstić information content (AvgIpc) is 2.81. The first-order valence-electron chi connectivity index (χ1n) is 6.31. The molecule has 3 N–H and O–H groups in total. The minimum Gasteiger partial charge on any atom is -0.384 e. The number of hydrogen-bond donors (Lipinski definition) is 3. The first-order chi connectivity index (χ1) is 9.95. The smallest absolute Gasteiger partial charge is 0.323 e. The fourth-order valence-corrected chi connectivity index (χ4v) is 2.29. The molecule has 0 aliphatic heterocycles. The standard InChI is InChI=1S/C15H12F2N2O2/c1-7-4-9(11(17)6-10(7)16)14(20)8-2-3-12-13(5-8)19-15(21)18-12/h2-6,14,20H,1H3,(H2,18,19,21). The lowest BCUT2D eigenvalue weighted by Crippen LogP contribution is -2.04. The Morgan fingerprint density at radius 3 is 2.52 bits per heavy atom. The van der Waals surface area contributed by atoms with Crippen LogP contribution in [0.5, 0.6) is 0 Å². The van der Waals surface area contributed by atoms with Gasteiger partial charge in [0.25, 0.3) is 0 Å². The highest BCUT2D eigenvalue weighted by Gasteiger charge is 2.17. The van der Waals surface area contributed by atoms with Crippen molar-refractivity contribution < 1.29 is 13.9 Å². The quantitative estimate of drug-likeness (QED) is 0.679. The number of benzene rings is 2. The summed E-state index contributed by atoms with van der Waals surface area (Å²) in [4.78, 5) is 16.3. The Morgan fingerprint density at radius 1 is 1.05 bits per heavy atom. The number of aryl methyl sites for hydroxylation is 1. The van der Waals surface area contributed by atoms with Crippen LogP contribution in [0.15, 0.2) is 35.1 Å². The Hall–Kier alpha value is -2.47. The van der Waals surface area contributed by atoms with Crippen LogP contribution in [0.25, 0.3) is 11.0 Å². The molecule has 0 amide bonds. The summed E-state index contributed by atoms with van der Waals surface area (Å²) >= 11 is 0. The van der Waals surface area contributed by atoms with E-state index in [-0.39, 0.29) is 16.8 Å². The monoisotopic (exact) mass is 290 g/mol. The minimum atomic E-state index is -1.24. The molecular weight excluding hydrogens is 278 g/mol. The molecule has 2 aromatic carbocycles. The van der Waals surface area contributed by atoms with E-state index in [1.807, 2.05) is 0 Å². The van der Waals surface area contributed by atoms with Gasteiger partial charge in [-0.15, -0.1) is 0 Å². The molecule has 108 valence electrons. The Balaban J connectivity index is 2.09. The SMILES string of the molecule is Cc1cc(C(O)c2ccc3[nH]c(=O)[nH]c3c2)c(F)cc1F. The maximum atomic E-state index is 13.8. The highest BCUT2D eigenvalue weighted by atomic mass is 19.1. The van der Waals surface area contributed by atoms with Crippen LogP contribution in [0.4, 0.5) is 8.78 Å². The van der Waals surface area contributed by atoms with Gasteiger partial charge in [0.05, 0.1) is 11.0 Å². The van der Waals surface area contributed by atoms with Crippen LogP contribution in [0.3, 0.4) is 0 Å². The largest absolute Gasteiger partial charge is 0.384 e. The molecule has 4 nitrogen and oxygen atoms in total. The Labute approximate surface area is 118 Å². The van der Waals surface area contributed by atoms with Gasteiger partial charge in [0.2, 0.25) is 0 Å². The van der Waals surface area contributed by atoms with Gasteiger partial charge in [0.15, 0.2) is 0 Å². The molecule has 6 heteroatoms. The number of aliphatic hydroxyl groups excluding tert-OH is 1. The maximum absolute atomic E-state index is 13.8. The normalized spacial score (nSPS) is 12.8. The number of rotatable bonds is 2. The van der Waals surface area contributed by atoms with E-state index in [0.29, 0.717) is 16.6 Å². The van der Waals surface area contributed by atoms with Crippen molar-refractivity contribution in [3.8, 4) is 0 Å². The predicted octanol–water partition coefficient (Wildman–Crippen LogP) is 2.52. The van der Waals surface area contributed by atoms with Crippen LogP contribution < -0.4 is 5.69 Å². The third-order valence-corrected chi connectivity index (χ3v) is 3.43. The number of halogens is 2. The summed E-state index contributed by atoms with van der Waals surface area (Å²) in [6.07, 6.45) is -1.24. The first kappa shape index (κ1) is 13.5. The lowest BCUT2D eigenvalue weighted by molar-refractivity contribution is 0.214. The number of nitrogens with one attached hydrogen (secondary N) is 2. The maximum Gasteiger partial charge on any atom is 0.323 e. The van der Waals surface area contributed by atoms with Gasteiger partial charge >= 0.3 is 5.69 Å². The van der Waals surface area contributed by atoms with Crippen LogP contribution in [0.2, 0.25) is 0 Å². The van der Waals surface area contributed by atoms with Crippen LogP contribution in [-0.4, -0.2) is 15.1 Å². The van der Waals surface area contributed by atoms with Gasteiger partial charge in [0, 0.05) is 11.6 Å². The van der Waals surface area contributed by atoms with Gasteiger partial charge < -0.3 is 15.1 Å². The zero-order valence-corrected chi connectivity index (χ0v) is 11.1. The molecule has 1 aromatic heterocycles. The molecule has 0 radical (unpaired) electrons. The second-order valence-corrected chi connectivity index (χ2v) is 4.91. The molecule has 21 heavy (non-hydrogen) atoms. The molecule has 1 unspecified atom stereocenters. The molecule has 0 saturated heterocycles. The van der Waals surface area contributed by atoms with E-state index in [1.165, 1.54) is 13.0 Å².